The minimum atomic E-state index is -5.08. The molecule has 5 rings (SSSR count). The van der Waals surface area contributed by atoms with Crippen LogP contribution in [0.5, 0.6) is 5.75 Å². The second kappa shape index (κ2) is 13.8. The molecule has 2 saturated heterocycles. The zero-order valence-corrected chi connectivity index (χ0v) is 26.0. The van der Waals surface area contributed by atoms with Gasteiger partial charge in [-0.3, -0.25) is 29.4 Å². The molecule has 0 saturated carbocycles. The van der Waals surface area contributed by atoms with Crippen molar-refractivity contribution in [1.82, 2.24) is 10.2 Å². The van der Waals surface area contributed by atoms with Gasteiger partial charge >= 0.3 is 18.1 Å². The Balaban J connectivity index is 0.000000644. The summed E-state index contributed by atoms with van der Waals surface area (Å²) in [7, 11) is 2.86. The molecule has 2 N–H and O–H groups in total. The Kier molecular flexibility index (Phi) is 10.2. The molecule has 0 aliphatic carbocycles. The summed E-state index contributed by atoms with van der Waals surface area (Å²) in [4.78, 5) is 62.7. The lowest BCUT2D eigenvalue weighted by Gasteiger charge is -2.32. The molecule has 47 heavy (non-hydrogen) atoms. The second-order valence-corrected chi connectivity index (χ2v) is 11.1. The molecule has 2 aliphatic rings. The van der Waals surface area contributed by atoms with Gasteiger partial charge in [0.15, 0.2) is 5.78 Å². The maximum atomic E-state index is 13.7. The highest BCUT2D eigenvalue weighted by Crippen LogP contribution is 2.51. The van der Waals surface area contributed by atoms with Crippen LogP contribution in [0.1, 0.15) is 41.4 Å². The largest absolute Gasteiger partial charge is 0.496 e. The monoisotopic (exact) mass is 654 g/mol. The number of imide groups is 1. The van der Waals surface area contributed by atoms with Gasteiger partial charge in [-0.25, -0.2) is 4.79 Å². The van der Waals surface area contributed by atoms with E-state index in [0.29, 0.717) is 16.9 Å². The number of nitrogens with zero attached hydrogens (tertiary/aromatic N) is 1. The molecule has 4 atom stereocenters. The van der Waals surface area contributed by atoms with Crippen LogP contribution in [0.3, 0.4) is 0 Å². The first-order valence-electron chi connectivity index (χ1n) is 14.5. The quantitative estimate of drug-likeness (QED) is 0.202. The van der Waals surface area contributed by atoms with E-state index in [9.17, 15) is 32.3 Å². The van der Waals surface area contributed by atoms with Crippen LogP contribution in [0.25, 0.3) is 11.1 Å². The fraction of sp³-hybridized carbons (Fsp3) is 0.324. The molecule has 0 spiro atoms. The van der Waals surface area contributed by atoms with Crippen LogP contribution in [-0.4, -0.2) is 72.0 Å². The standard InChI is InChI=1S/C32H32N2O6.C2HF3O2/c1-5-34-29(36)26-27(30(34)37)32(31(38)40-4,18-20-9-7-6-8-10-20)33-28(26)23-15-16-24(25(17-23)39-3)22-13-11-21(12-14-22)19(2)35;3-2(4,5)1(6)7/h6-17,26-28,33H,5,18H2,1-4H3;(H,6,7)/t26-,27-,28-,32-;/m1./s1. The number of amides is 2. The van der Waals surface area contributed by atoms with E-state index in [1.165, 1.54) is 18.9 Å². The minimum absolute atomic E-state index is 0.0165. The minimum Gasteiger partial charge on any atom is -0.496 e. The highest BCUT2D eigenvalue weighted by atomic mass is 19.4. The fourth-order valence-electron chi connectivity index (χ4n) is 6.21. The summed E-state index contributed by atoms with van der Waals surface area (Å²) in [5.41, 5.74) is 2.41. The number of halogens is 3. The van der Waals surface area contributed by atoms with E-state index in [1.807, 2.05) is 60.7 Å². The molecule has 2 fully saturated rings. The van der Waals surface area contributed by atoms with Gasteiger partial charge in [-0.15, -0.1) is 0 Å². The van der Waals surface area contributed by atoms with Crippen molar-refractivity contribution in [1.29, 1.82) is 0 Å². The van der Waals surface area contributed by atoms with E-state index in [2.05, 4.69) is 5.32 Å². The number of alkyl halides is 3. The molecule has 10 nitrogen and oxygen atoms in total. The highest BCUT2D eigenvalue weighted by Gasteiger charge is 2.68. The molecule has 0 unspecified atom stereocenters. The number of fused-ring (bicyclic) bond motifs is 1. The fourth-order valence-corrected chi connectivity index (χ4v) is 6.21. The Morgan fingerprint density at radius 3 is 2.09 bits per heavy atom. The molecule has 3 aromatic rings. The zero-order valence-electron chi connectivity index (χ0n) is 26.0. The van der Waals surface area contributed by atoms with Gasteiger partial charge in [-0.05, 0) is 36.6 Å². The number of carboxylic acid groups (broad SMARTS) is 1. The summed E-state index contributed by atoms with van der Waals surface area (Å²) >= 11 is 0. The van der Waals surface area contributed by atoms with E-state index >= 15 is 0 Å². The molecule has 2 amide bonds. The Morgan fingerprint density at radius 2 is 1.57 bits per heavy atom. The van der Waals surface area contributed by atoms with E-state index in [1.54, 1.807) is 26.2 Å². The first-order valence-corrected chi connectivity index (χ1v) is 14.5. The maximum absolute atomic E-state index is 13.7. The lowest BCUT2D eigenvalue weighted by molar-refractivity contribution is -0.192. The van der Waals surface area contributed by atoms with E-state index < -0.39 is 41.5 Å². The van der Waals surface area contributed by atoms with Crippen LogP contribution in [0.4, 0.5) is 13.2 Å². The van der Waals surface area contributed by atoms with Crippen molar-refractivity contribution in [2.75, 3.05) is 20.8 Å². The molecule has 0 bridgehead atoms. The van der Waals surface area contributed by atoms with Gasteiger partial charge in [0.2, 0.25) is 11.8 Å². The van der Waals surface area contributed by atoms with Crippen LogP contribution < -0.4 is 10.1 Å². The number of Topliss-reactive ketones (excluding diaryl/α,β-unsaturated/α-hetero) is 1. The van der Waals surface area contributed by atoms with Gasteiger partial charge in [0, 0.05) is 30.1 Å². The smallest absolute Gasteiger partial charge is 0.490 e. The average molecular weight is 655 g/mol. The molecule has 2 aliphatic heterocycles. The van der Waals surface area contributed by atoms with Crippen molar-refractivity contribution in [3.8, 4) is 16.9 Å². The van der Waals surface area contributed by atoms with Crippen molar-refractivity contribution in [3.63, 3.8) is 0 Å². The number of esters is 1. The topological polar surface area (TPSA) is 139 Å². The number of hydrogen-bond acceptors (Lipinski definition) is 8. The Hall–Kier alpha value is -5.04. The maximum Gasteiger partial charge on any atom is 0.490 e. The van der Waals surface area contributed by atoms with Crippen LogP contribution >= 0.6 is 0 Å². The third-order valence-electron chi connectivity index (χ3n) is 8.37. The number of hydrogen-bond donors (Lipinski definition) is 2. The number of ether oxygens (including phenoxy) is 2. The Bertz CT molecular complexity index is 1680. The van der Waals surface area contributed by atoms with Crippen LogP contribution in [0.2, 0.25) is 0 Å². The predicted octanol–water partition coefficient (Wildman–Crippen LogP) is 4.62. The van der Waals surface area contributed by atoms with Crippen molar-refractivity contribution < 1.29 is 51.7 Å². The number of carboxylic acids is 1. The van der Waals surface area contributed by atoms with Crippen LogP contribution in [0, 0.1) is 11.8 Å². The summed E-state index contributed by atoms with van der Waals surface area (Å²) in [6.07, 6.45) is -4.90. The van der Waals surface area contributed by atoms with Gasteiger partial charge in [-0.2, -0.15) is 13.2 Å². The Labute approximate surface area is 268 Å². The Morgan fingerprint density at radius 1 is 0.957 bits per heavy atom. The van der Waals surface area contributed by atoms with Gasteiger partial charge in [0.05, 0.1) is 26.1 Å². The third kappa shape index (κ3) is 6.75. The summed E-state index contributed by atoms with van der Waals surface area (Å²) < 4.78 is 42.8. The normalized spacial score (nSPS) is 21.9. The summed E-state index contributed by atoms with van der Waals surface area (Å²) in [5.74, 6) is -5.19. The molecule has 3 aromatic carbocycles. The molecular formula is C34H33F3N2O8. The molecule has 248 valence electrons. The third-order valence-corrected chi connectivity index (χ3v) is 8.37. The van der Waals surface area contributed by atoms with E-state index in [0.717, 1.165) is 16.7 Å². The number of aliphatic carboxylic acids is 1. The van der Waals surface area contributed by atoms with Crippen LogP contribution in [-0.2, 0) is 30.3 Å². The number of carbonyl (C=O) groups is 5. The van der Waals surface area contributed by atoms with Crippen molar-refractivity contribution >= 4 is 29.5 Å². The van der Waals surface area contributed by atoms with Gasteiger partial charge in [-0.1, -0.05) is 66.7 Å². The number of rotatable bonds is 8. The summed E-state index contributed by atoms with van der Waals surface area (Å²) in [5, 5.41) is 10.5. The van der Waals surface area contributed by atoms with E-state index in [-0.39, 0.29) is 30.6 Å². The molecule has 0 radical (unpaired) electrons. The van der Waals surface area contributed by atoms with Gasteiger partial charge < -0.3 is 14.6 Å². The zero-order chi connectivity index (χ0) is 34.7. The number of nitrogens with one attached hydrogen (secondary N) is 1. The molecule has 13 heteroatoms. The highest BCUT2D eigenvalue weighted by molar-refractivity contribution is 6.09. The second-order valence-electron chi connectivity index (χ2n) is 11.1. The molecule has 0 aromatic heterocycles. The number of benzene rings is 3. The number of likely N-dealkylation sites (tertiary alicyclic amines) is 1. The van der Waals surface area contributed by atoms with Crippen molar-refractivity contribution in [3.05, 3.63) is 89.5 Å². The summed E-state index contributed by atoms with van der Waals surface area (Å²) in [6, 6.07) is 21.6. The van der Waals surface area contributed by atoms with Crippen molar-refractivity contribution in [2.24, 2.45) is 11.8 Å². The number of ketones is 1. The number of methoxy groups -OCH3 is 2. The van der Waals surface area contributed by atoms with Crippen LogP contribution in [0.15, 0.2) is 72.8 Å². The summed E-state index contributed by atoms with van der Waals surface area (Å²) in [6.45, 7) is 3.50. The molecular weight excluding hydrogens is 621 g/mol. The first-order chi connectivity index (χ1) is 22.2. The average Bonchev–Trinajstić information content (AvgIpc) is 3.53. The van der Waals surface area contributed by atoms with Gasteiger partial charge in [0.1, 0.15) is 11.3 Å². The van der Waals surface area contributed by atoms with E-state index in [4.69, 9.17) is 19.4 Å². The predicted molar refractivity (Wildman–Crippen MR) is 162 cm³/mol. The van der Waals surface area contributed by atoms with Crippen molar-refractivity contribution in [2.45, 2.75) is 38.0 Å². The molecule has 2 heterocycles. The SMILES string of the molecule is CCN1C(=O)[C@H]2[C@@H](c3ccc(-c4ccc(C(C)=O)cc4)c(OC)c3)N[C@@](Cc3ccccc3)(C(=O)OC)[C@H]2C1=O.O=C(O)C(F)(F)F. The first kappa shape index (κ1) is 34.8. The lowest BCUT2D eigenvalue weighted by atomic mass is 9.76. The van der Waals surface area contributed by atoms with Gasteiger partial charge in [0.25, 0.3) is 0 Å². The number of carbonyl (C=O) groups excluding carboxylic acids is 4. The lowest BCUT2D eigenvalue weighted by Crippen LogP contribution is -2.57.